The number of rotatable bonds is 8. The number of para-hydroxylation sites is 1. The first-order valence-electron chi connectivity index (χ1n) is 9.63. The third kappa shape index (κ3) is 4.45. The van der Waals surface area contributed by atoms with Crippen LogP contribution in [0.4, 0.5) is 5.69 Å². The Balaban J connectivity index is 1.49. The van der Waals surface area contributed by atoms with Crippen molar-refractivity contribution in [1.29, 1.82) is 0 Å². The van der Waals surface area contributed by atoms with Crippen LogP contribution in [-0.2, 0) is 4.79 Å². The molecule has 0 aliphatic rings. The maximum Gasteiger partial charge on any atom is 0.234 e. The van der Waals surface area contributed by atoms with E-state index in [-0.39, 0.29) is 11.7 Å². The second-order valence-electron chi connectivity index (χ2n) is 6.58. The van der Waals surface area contributed by atoms with Crippen LogP contribution in [0.3, 0.4) is 0 Å². The third-order valence-electron chi connectivity index (χ3n) is 4.62. The van der Waals surface area contributed by atoms with Crippen LogP contribution in [0, 0.1) is 0 Å². The van der Waals surface area contributed by atoms with E-state index < -0.39 is 0 Å². The molecule has 2 heterocycles. The average molecular weight is 452 g/mol. The molecule has 1 N–H and O–H groups in total. The molecule has 1 amide bonds. The summed E-state index contributed by atoms with van der Waals surface area (Å²) in [4.78, 5) is 12.5. The molecule has 2 aromatic carbocycles. The number of nitrogens with zero attached hydrogens (tertiary/aromatic N) is 4. The molecule has 2 aromatic heterocycles. The van der Waals surface area contributed by atoms with E-state index in [1.54, 1.807) is 44.0 Å². The zero-order valence-electron chi connectivity index (χ0n) is 17.7. The maximum atomic E-state index is 12.5. The van der Waals surface area contributed by atoms with Gasteiger partial charge in [-0.15, -0.1) is 10.2 Å². The molecular formula is C22H21N5O4S. The first-order chi connectivity index (χ1) is 15.6. The highest BCUT2D eigenvalue weighted by atomic mass is 32.2. The van der Waals surface area contributed by atoms with Gasteiger partial charge >= 0.3 is 0 Å². The van der Waals surface area contributed by atoms with Crippen molar-refractivity contribution >= 4 is 29.0 Å². The van der Waals surface area contributed by atoms with E-state index in [1.807, 2.05) is 36.4 Å². The molecule has 0 aliphatic carbocycles. The smallest absolute Gasteiger partial charge is 0.234 e. The molecule has 10 heteroatoms. The van der Waals surface area contributed by atoms with E-state index in [2.05, 4.69) is 20.6 Å². The van der Waals surface area contributed by atoms with Crippen LogP contribution in [0.15, 0.2) is 59.8 Å². The Hall–Kier alpha value is -3.79. The van der Waals surface area contributed by atoms with Crippen LogP contribution in [0.5, 0.6) is 17.2 Å². The fourth-order valence-corrected chi connectivity index (χ4v) is 3.79. The van der Waals surface area contributed by atoms with Gasteiger partial charge in [0, 0.05) is 17.3 Å². The van der Waals surface area contributed by atoms with E-state index in [0.717, 1.165) is 11.3 Å². The van der Waals surface area contributed by atoms with E-state index in [4.69, 9.17) is 14.2 Å². The van der Waals surface area contributed by atoms with Crippen molar-refractivity contribution in [2.75, 3.05) is 32.4 Å². The lowest BCUT2D eigenvalue weighted by Gasteiger charge is -2.10. The number of anilines is 1. The minimum atomic E-state index is -0.195. The second kappa shape index (κ2) is 9.56. The molecule has 0 saturated carbocycles. The Kier molecular flexibility index (Phi) is 6.41. The van der Waals surface area contributed by atoms with Gasteiger partial charge in [-0.05, 0) is 36.4 Å². The number of hydrogen-bond acceptors (Lipinski definition) is 8. The number of methoxy groups -OCH3 is 3. The fraction of sp³-hybridized carbons (Fsp3) is 0.182. The SMILES string of the molecule is COc1ccc(NC(=O)CSc2nnc3ccc(-c4ccccc4OC)nn23)cc1OC. The van der Waals surface area contributed by atoms with Gasteiger partial charge in [0.1, 0.15) is 5.75 Å². The van der Waals surface area contributed by atoms with Crippen molar-refractivity contribution in [1.82, 2.24) is 19.8 Å². The average Bonchev–Trinajstić information content (AvgIpc) is 3.24. The van der Waals surface area contributed by atoms with Gasteiger partial charge in [-0.2, -0.15) is 9.61 Å². The molecule has 0 fully saturated rings. The van der Waals surface area contributed by atoms with Gasteiger partial charge in [-0.3, -0.25) is 4.79 Å². The number of hydrogen-bond donors (Lipinski definition) is 1. The summed E-state index contributed by atoms with van der Waals surface area (Å²) in [5.41, 5.74) is 2.77. The zero-order valence-corrected chi connectivity index (χ0v) is 18.5. The molecular weight excluding hydrogens is 430 g/mol. The summed E-state index contributed by atoms with van der Waals surface area (Å²) in [6.45, 7) is 0. The van der Waals surface area contributed by atoms with Gasteiger partial charge in [-0.25, -0.2) is 0 Å². The highest BCUT2D eigenvalue weighted by Crippen LogP contribution is 2.30. The van der Waals surface area contributed by atoms with E-state index in [9.17, 15) is 4.79 Å². The molecule has 0 radical (unpaired) electrons. The number of aromatic nitrogens is 4. The molecule has 32 heavy (non-hydrogen) atoms. The standard InChI is InChI=1S/C22H21N5O4S/c1-29-17-7-5-4-6-15(17)16-9-11-20-24-25-22(27(20)26-16)32-13-21(28)23-14-8-10-18(30-2)19(12-14)31-3/h4-12H,13H2,1-3H3,(H,23,28). The van der Waals surface area contributed by atoms with Crippen LogP contribution in [-0.4, -0.2) is 52.8 Å². The number of thioether (sulfide) groups is 1. The fourth-order valence-electron chi connectivity index (χ4n) is 3.10. The van der Waals surface area contributed by atoms with Crippen LogP contribution in [0.25, 0.3) is 16.9 Å². The predicted molar refractivity (Wildman–Crippen MR) is 122 cm³/mol. The highest BCUT2D eigenvalue weighted by molar-refractivity contribution is 7.99. The maximum absolute atomic E-state index is 12.5. The first-order valence-corrected chi connectivity index (χ1v) is 10.6. The summed E-state index contributed by atoms with van der Waals surface area (Å²) in [7, 11) is 4.72. The molecule has 0 aliphatic heterocycles. The van der Waals surface area contributed by atoms with Gasteiger partial charge in [0.05, 0.1) is 32.8 Å². The monoisotopic (exact) mass is 451 g/mol. The number of fused-ring (bicyclic) bond motifs is 1. The zero-order chi connectivity index (χ0) is 22.5. The Morgan fingerprint density at radius 3 is 2.50 bits per heavy atom. The summed E-state index contributed by atoms with van der Waals surface area (Å²) in [5.74, 6) is 1.78. The topological polar surface area (TPSA) is 99.9 Å². The van der Waals surface area contributed by atoms with Crippen molar-refractivity contribution in [3.05, 3.63) is 54.6 Å². The number of ether oxygens (including phenoxy) is 3. The first kappa shape index (κ1) is 21.4. The van der Waals surface area contributed by atoms with Gasteiger partial charge < -0.3 is 19.5 Å². The van der Waals surface area contributed by atoms with Crippen LogP contribution in [0.2, 0.25) is 0 Å². The summed E-state index contributed by atoms with van der Waals surface area (Å²) >= 11 is 1.24. The Labute approximate surface area is 188 Å². The van der Waals surface area contributed by atoms with E-state index in [1.165, 1.54) is 11.8 Å². The quantitative estimate of drug-likeness (QED) is 0.406. The van der Waals surface area contributed by atoms with Crippen molar-refractivity contribution in [3.63, 3.8) is 0 Å². The van der Waals surface area contributed by atoms with Crippen molar-refractivity contribution in [2.45, 2.75) is 5.16 Å². The molecule has 164 valence electrons. The highest BCUT2D eigenvalue weighted by Gasteiger charge is 2.14. The molecule has 0 saturated heterocycles. The summed E-state index contributed by atoms with van der Waals surface area (Å²) < 4.78 is 17.5. The minimum Gasteiger partial charge on any atom is -0.496 e. The lowest BCUT2D eigenvalue weighted by atomic mass is 10.1. The molecule has 4 aromatic rings. The van der Waals surface area contributed by atoms with E-state index >= 15 is 0 Å². The Morgan fingerprint density at radius 2 is 1.72 bits per heavy atom. The number of benzene rings is 2. The molecule has 0 atom stereocenters. The van der Waals surface area contributed by atoms with Gasteiger partial charge in [0.15, 0.2) is 17.1 Å². The Bertz CT molecular complexity index is 1260. The van der Waals surface area contributed by atoms with Gasteiger partial charge in [0.2, 0.25) is 11.1 Å². The molecule has 0 unspecified atom stereocenters. The van der Waals surface area contributed by atoms with Crippen molar-refractivity contribution in [2.24, 2.45) is 0 Å². The molecule has 9 nitrogen and oxygen atoms in total. The molecule has 0 spiro atoms. The number of carbonyl (C=O) groups excluding carboxylic acids is 1. The molecule has 4 rings (SSSR count). The van der Waals surface area contributed by atoms with Crippen LogP contribution >= 0.6 is 11.8 Å². The van der Waals surface area contributed by atoms with E-state index in [0.29, 0.717) is 33.7 Å². The Morgan fingerprint density at radius 1 is 0.938 bits per heavy atom. The number of amides is 1. The normalized spacial score (nSPS) is 10.7. The van der Waals surface area contributed by atoms with Crippen molar-refractivity contribution in [3.8, 4) is 28.5 Å². The predicted octanol–water partition coefficient (Wildman–Crippen LogP) is 3.55. The van der Waals surface area contributed by atoms with Crippen LogP contribution in [0.1, 0.15) is 0 Å². The summed E-state index contributed by atoms with van der Waals surface area (Å²) in [6.07, 6.45) is 0. The third-order valence-corrected chi connectivity index (χ3v) is 5.54. The lowest BCUT2D eigenvalue weighted by Crippen LogP contribution is -2.14. The van der Waals surface area contributed by atoms with Gasteiger partial charge in [0.25, 0.3) is 0 Å². The lowest BCUT2D eigenvalue weighted by molar-refractivity contribution is -0.113. The largest absolute Gasteiger partial charge is 0.496 e. The summed E-state index contributed by atoms with van der Waals surface area (Å²) in [6, 6.07) is 16.5. The second-order valence-corrected chi connectivity index (χ2v) is 7.52. The molecule has 0 bridgehead atoms. The number of nitrogens with one attached hydrogen (secondary N) is 1. The van der Waals surface area contributed by atoms with Gasteiger partial charge in [-0.1, -0.05) is 23.9 Å². The minimum absolute atomic E-state index is 0.135. The summed E-state index contributed by atoms with van der Waals surface area (Å²) in [5, 5.41) is 16.3. The van der Waals surface area contributed by atoms with Crippen LogP contribution < -0.4 is 19.5 Å². The number of carbonyl (C=O) groups is 1. The van der Waals surface area contributed by atoms with Crippen molar-refractivity contribution < 1.29 is 19.0 Å².